The highest BCUT2D eigenvalue weighted by molar-refractivity contribution is 5.80. The molecule has 0 bridgehead atoms. The fourth-order valence-corrected chi connectivity index (χ4v) is 1.29. The Bertz CT molecular complexity index is 399. The molecule has 5 heteroatoms. The second-order valence-corrected chi connectivity index (χ2v) is 4.12. The number of benzene rings is 1. The molecule has 1 aromatic rings. The lowest BCUT2D eigenvalue weighted by Crippen LogP contribution is -2.17. The molecule has 0 radical (unpaired) electrons. The van der Waals surface area contributed by atoms with Gasteiger partial charge < -0.3 is 5.11 Å². The summed E-state index contributed by atoms with van der Waals surface area (Å²) in [4.78, 5) is 14.3. The maximum absolute atomic E-state index is 10.5. The van der Waals surface area contributed by atoms with Gasteiger partial charge in [0.25, 0.3) is 5.69 Å². The van der Waals surface area contributed by atoms with E-state index in [4.69, 9.17) is 5.11 Å². The van der Waals surface area contributed by atoms with Crippen LogP contribution in [-0.2, 0) is 0 Å². The Morgan fingerprint density at radius 1 is 1.41 bits per heavy atom. The van der Waals surface area contributed by atoms with Crippen LogP contribution in [0.5, 0.6) is 0 Å². The van der Waals surface area contributed by atoms with E-state index < -0.39 is 4.92 Å². The van der Waals surface area contributed by atoms with Crippen LogP contribution >= 0.6 is 0 Å². The number of nitro benzene ring substituents is 1. The van der Waals surface area contributed by atoms with Gasteiger partial charge in [0, 0.05) is 18.3 Å². The van der Waals surface area contributed by atoms with Crippen LogP contribution in [0.4, 0.5) is 5.69 Å². The number of rotatable bonds is 5. The largest absolute Gasteiger partial charge is 0.394 e. The Morgan fingerprint density at radius 3 is 2.41 bits per heavy atom. The molecule has 92 valence electrons. The molecule has 1 aromatic carbocycles. The Labute approximate surface area is 100.0 Å². The zero-order valence-corrected chi connectivity index (χ0v) is 9.91. The van der Waals surface area contributed by atoms with Gasteiger partial charge in [0.2, 0.25) is 0 Å². The van der Waals surface area contributed by atoms with Crippen molar-refractivity contribution in [2.45, 2.75) is 19.9 Å². The number of aliphatic hydroxyl groups excluding tert-OH is 1. The first kappa shape index (κ1) is 13.3. The molecule has 17 heavy (non-hydrogen) atoms. The van der Waals surface area contributed by atoms with Crippen molar-refractivity contribution >= 4 is 11.9 Å². The number of aliphatic imine (C=N–C) groups is 1. The lowest BCUT2D eigenvalue weighted by molar-refractivity contribution is -0.384. The van der Waals surface area contributed by atoms with Gasteiger partial charge in [-0.15, -0.1) is 0 Å². The average Bonchev–Trinajstić information content (AvgIpc) is 2.30. The molecule has 1 unspecified atom stereocenters. The van der Waals surface area contributed by atoms with Crippen molar-refractivity contribution in [3.63, 3.8) is 0 Å². The standard InChI is InChI=1S/C12H16N2O3/c1-9(2)12(8-15)13-7-10-3-5-11(6-4-10)14(16)17/h3-7,9,12,15H,8H2,1-2H3. The minimum Gasteiger partial charge on any atom is -0.394 e. The molecular formula is C12H16N2O3. The minimum atomic E-state index is -0.439. The van der Waals surface area contributed by atoms with Crippen molar-refractivity contribution in [2.75, 3.05) is 6.61 Å². The Morgan fingerprint density at radius 2 is 2.00 bits per heavy atom. The van der Waals surface area contributed by atoms with E-state index in [1.165, 1.54) is 12.1 Å². The molecule has 0 aliphatic heterocycles. The number of hydrogen-bond donors (Lipinski definition) is 1. The molecule has 0 spiro atoms. The molecule has 0 aromatic heterocycles. The Balaban J connectivity index is 2.74. The normalized spacial score (nSPS) is 13.2. The zero-order valence-electron chi connectivity index (χ0n) is 9.91. The number of nitrogens with zero attached hydrogens (tertiary/aromatic N) is 2. The summed E-state index contributed by atoms with van der Waals surface area (Å²) in [5, 5.41) is 19.5. The van der Waals surface area contributed by atoms with Crippen LogP contribution in [-0.4, -0.2) is 28.9 Å². The van der Waals surface area contributed by atoms with Gasteiger partial charge in [-0.3, -0.25) is 15.1 Å². The summed E-state index contributed by atoms with van der Waals surface area (Å²) in [5.41, 5.74) is 0.847. The summed E-state index contributed by atoms with van der Waals surface area (Å²) < 4.78 is 0. The van der Waals surface area contributed by atoms with Crippen molar-refractivity contribution in [1.29, 1.82) is 0 Å². The van der Waals surface area contributed by atoms with Crippen LogP contribution in [0.25, 0.3) is 0 Å². The fraction of sp³-hybridized carbons (Fsp3) is 0.417. The van der Waals surface area contributed by atoms with E-state index in [0.29, 0.717) is 0 Å². The maximum Gasteiger partial charge on any atom is 0.269 e. The van der Waals surface area contributed by atoms with E-state index in [2.05, 4.69) is 4.99 Å². The van der Waals surface area contributed by atoms with Gasteiger partial charge in [0.1, 0.15) is 0 Å². The Hall–Kier alpha value is -1.75. The third-order valence-electron chi connectivity index (χ3n) is 2.48. The molecule has 0 saturated carbocycles. The molecule has 1 atom stereocenters. The zero-order chi connectivity index (χ0) is 12.8. The summed E-state index contributed by atoms with van der Waals surface area (Å²) in [6.45, 7) is 3.96. The van der Waals surface area contributed by atoms with Crippen LogP contribution < -0.4 is 0 Å². The third-order valence-corrected chi connectivity index (χ3v) is 2.48. The smallest absolute Gasteiger partial charge is 0.269 e. The van der Waals surface area contributed by atoms with Crippen molar-refractivity contribution < 1.29 is 10.0 Å². The lowest BCUT2D eigenvalue weighted by atomic mass is 10.1. The van der Waals surface area contributed by atoms with Gasteiger partial charge in [-0.25, -0.2) is 0 Å². The monoisotopic (exact) mass is 236 g/mol. The summed E-state index contributed by atoms with van der Waals surface area (Å²) >= 11 is 0. The molecule has 0 heterocycles. The van der Waals surface area contributed by atoms with Crippen molar-refractivity contribution in [1.82, 2.24) is 0 Å². The number of aliphatic hydroxyl groups is 1. The second-order valence-electron chi connectivity index (χ2n) is 4.12. The first-order valence-electron chi connectivity index (χ1n) is 5.43. The second kappa shape index (κ2) is 6.10. The maximum atomic E-state index is 10.5. The average molecular weight is 236 g/mol. The number of nitro groups is 1. The minimum absolute atomic E-state index is 0.00114. The van der Waals surface area contributed by atoms with E-state index >= 15 is 0 Å². The van der Waals surface area contributed by atoms with Crippen LogP contribution in [0.2, 0.25) is 0 Å². The van der Waals surface area contributed by atoms with Gasteiger partial charge in [-0.05, 0) is 23.6 Å². The van der Waals surface area contributed by atoms with E-state index in [0.717, 1.165) is 5.56 Å². The van der Waals surface area contributed by atoms with Crippen LogP contribution in [0.1, 0.15) is 19.4 Å². The fourth-order valence-electron chi connectivity index (χ4n) is 1.29. The van der Waals surface area contributed by atoms with Crippen LogP contribution in [0, 0.1) is 16.0 Å². The molecule has 0 aliphatic rings. The molecule has 0 aliphatic carbocycles. The summed E-state index contributed by atoms with van der Waals surface area (Å²) in [7, 11) is 0. The highest BCUT2D eigenvalue weighted by atomic mass is 16.6. The third kappa shape index (κ3) is 3.96. The predicted octanol–water partition coefficient (Wildman–Crippen LogP) is 2.03. The van der Waals surface area contributed by atoms with Gasteiger partial charge in [0.05, 0.1) is 17.6 Å². The Kier molecular flexibility index (Phi) is 4.78. The summed E-state index contributed by atoms with van der Waals surface area (Å²) in [6, 6.07) is 6.01. The number of non-ortho nitro benzene ring substituents is 1. The highest BCUT2D eigenvalue weighted by Gasteiger charge is 2.09. The molecule has 5 nitrogen and oxygen atoms in total. The first-order chi connectivity index (χ1) is 8.04. The molecule has 0 saturated heterocycles. The van der Waals surface area contributed by atoms with Crippen LogP contribution in [0.15, 0.2) is 29.3 Å². The summed E-state index contributed by atoms with van der Waals surface area (Å²) in [6.07, 6.45) is 1.63. The highest BCUT2D eigenvalue weighted by Crippen LogP contribution is 2.11. The quantitative estimate of drug-likeness (QED) is 0.483. The molecule has 0 amide bonds. The first-order valence-corrected chi connectivity index (χ1v) is 5.43. The predicted molar refractivity (Wildman–Crippen MR) is 66.4 cm³/mol. The van der Waals surface area contributed by atoms with E-state index in [-0.39, 0.29) is 24.3 Å². The van der Waals surface area contributed by atoms with Gasteiger partial charge >= 0.3 is 0 Å². The topological polar surface area (TPSA) is 75.7 Å². The van der Waals surface area contributed by atoms with E-state index in [1.54, 1.807) is 18.3 Å². The molecule has 1 N–H and O–H groups in total. The van der Waals surface area contributed by atoms with Gasteiger partial charge in [-0.1, -0.05) is 13.8 Å². The van der Waals surface area contributed by atoms with Gasteiger partial charge in [0.15, 0.2) is 0 Å². The molecule has 1 rings (SSSR count). The van der Waals surface area contributed by atoms with E-state index in [1.807, 2.05) is 13.8 Å². The van der Waals surface area contributed by atoms with Gasteiger partial charge in [-0.2, -0.15) is 0 Å². The van der Waals surface area contributed by atoms with Crippen molar-refractivity contribution in [3.8, 4) is 0 Å². The van der Waals surface area contributed by atoms with Crippen LogP contribution in [0.3, 0.4) is 0 Å². The lowest BCUT2D eigenvalue weighted by Gasteiger charge is -2.12. The van der Waals surface area contributed by atoms with Crippen molar-refractivity contribution in [2.24, 2.45) is 10.9 Å². The van der Waals surface area contributed by atoms with Crippen molar-refractivity contribution in [3.05, 3.63) is 39.9 Å². The number of hydrogen-bond acceptors (Lipinski definition) is 4. The molecular weight excluding hydrogens is 220 g/mol. The van der Waals surface area contributed by atoms with E-state index in [9.17, 15) is 10.1 Å². The molecule has 0 fully saturated rings. The summed E-state index contributed by atoms with van der Waals surface area (Å²) in [5.74, 6) is 0.259. The SMILES string of the molecule is CC(C)C(CO)N=Cc1ccc([N+](=O)[O-])cc1.